The van der Waals surface area contributed by atoms with E-state index in [1.54, 1.807) is 7.11 Å². The van der Waals surface area contributed by atoms with Gasteiger partial charge in [-0.15, -0.1) is 0 Å². The average molecular weight is 254 g/mol. The molecule has 0 aromatic heterocycles. The van der Waals surface area contributed by atoms with Crippen LogP contribution in [-0.2, 0) is 11.3 Å². The first kappa shape index (κ1) is 14.8. The van der Waals surface area contributed by atoms with Crippen LogP contribution in [0, 0.1) is 0 Å². The molecule has 5 nitrogen and oxygen atoms in total. The van der Waals surface area contributed by atoms with Gasteiger partial charge in [0.2, 0.25) is 0 Å². The van der Waals surface area contributed by atoms with Crippen molar-refractivity contribution in [3.8, 4) is 5.75 Å². The number of hydrogen-bond acceptors (Lipinski definition) is 5. The van der Waals surface area contributed by atoms with E-state index in [2.05, 4.69) is 4.90 Å². The first-order valence-electron chi connectivity index (χ1n) is 5.97. The molecule has 1 aromatic carbocycles. The van der Waals surface area contributed by atoms with E-state index < -0.39 is 0 Å². The van der Waals surface area contributed by atoms with E-state index in [0.29, 0.717) is 13.2 Å². The van der Waals surface area contributed by atoms with Crippen LogP contribution < -0.4 is 10.5 Å². The quantitative estimate of drug-likeness (QED) is 0.528. The first-order valence-corrected chi connectivity index (χ1v) is 5.97. The van der Waals surface area contributed by atoms with E-state index in [0.717, 1.165) is 30.1 Å². The minimum absolute atomic E-state index is 0.0623. The van der Waals surface area contributed by atoms with Crippen LogP contribution >= 0.6 is 0 Å². The topological polar surface area (TPSA) is 68.0 Å². The summed E-state index contributed by atoms with van der Waals surface area (Å²) in [5, 5.41) is 8.60. The minimum Gasteiger partial charge on any atom is -0.496 e. The van der Waals surface area contributed by atoms with Crippen molar-refractivity contribution in [1.82, 2.24) is 4.90 Å². The van der Waals surface area contributed by atoms with Crippen molar-refractivity contribution in [2.24, 2.45) is 0 Å². The Morgan fingerprint density at radius 2 is 2.11 bits per heavy atom. The zero-order valence-electron chi connectivity index (χ0n) is 11.1. The number of nitrogen functional groups attached to an aromatic ring is 1. The van der Waals surface area contributed by atoms with Crippen molar-refractivity contribution in [1.29, 1.82) is 0 Å². The summed E-state index contributed by atoms with van der Waals surface area (Å²) in [7, 11) is 3.66. The van der Waals surface area contributed by atoms with Crippen LogP contribution in [0.25, 0.3) is 0 Å². The van der Waals surface area contributed by atoms with Gasteiger partial charge >= 0.3 is 0 Å². The Kier molecular flexibility index (Phi) is 6.49. The zero-order chi connectivity index (χ0) is 13.4. The molecule has 0 heterocycles. The van der Waals surface area contributed by atoms with E-state index in [9.17, 15) is 0 Å². The number of aliphatic hydroxyl groups excluding tert-OH is 1. The number of ether oxygens (including phenoxy) is 2. The van der Waals surface area contributed by atoms with Crippen molar-refractivity contribution >= 4 is 5.69 Å². The summed E-state index contributed by atoms with van der Waals surface area (Å²) in [5.41, 5.74) is 7.56. The van der Waals surface area contributed by atoms with E-state index in [1.807, 2.05) is 25.2 Å². The van der Waals surface area contributed by atoms with Gasteiger partial charge < -0.3 is 20.3 Å². The molecule has 0 unspecified atom stereocenters. The molecule has 0 amide bonds. The molecule has 0 aliphatic rings. The summed E-state index contributed by atoms with van der Waals surface area (Å²) >= 11 is 0. The second kappa shape index (κ2) is 7.92. The van der Waals surface area contributed by atoms with Gasteiger partial charge in [0.15, 0.2) is 0 Å². The van der Waals surface area contributed by atoms with E-state index in [-0.39, 0.29) is 6.61 Å². The predicted molar refractivity (Wildman–Crippen MR) is 71.6 cm³/mol. The molecule has 0 atom stereocenters. The lowest BCUT2D eigenvalue weighted by Gasteiger charge is -2.18. The van der Waals surface area contributed by atoms with E-state index in [4.69, 9.17) is 20.3 Å². The largest absolute Gasteiger partial charge is 0.496 e. The number of aliphatic hydroxyl groups is 1. The Bertz CT molecular complexity index is 358. The highest BCUT2D eigenvalue weighted by Crippen LogP contribution is 2.22. The fraction of sp³-hybridized carbons (Fsp3) is 0.538. The lowest BCUT2D eigenvalue weighted by molar-refractivity contribution is 0.0772. The van der Waals surface area contributed by atoms with Crippen LogP contribution in [-0.4, -0.2) is 50.5 Å². The molecular formula is C13H22N2O3. The van der Waals surface area contributed by atoms with Crippen LogP contribution in [0.3, 0.4) is 0 Å². The number of nitrogens with two attached hydrogens (primary N) is 1. The maximum atomic E-state index is 8.60. The number of rotatable bonds is 8. The zero-order valence-corrected chi connectivity index (χ0v) is 11.1. The highest BCUT2D eigenvalue weighted by Gasteiger charge is 2.06. The van der Waals surface area contributed by atoms with Gasteiger partial charge in [0.1, 0.15) is 5.75 Å². The van der Waals surface area contributed by atoms with E-state index >= 15 is 0 Å². The summed E-state index contributed by atoms with van der Waals surface area (Å²) in [6, 6.07) is 5.62. The maximum absolute atomic E-state index is 8.60. The number of anilines is 1. The number of methoxy groups -OCH3 is 1. The molecule has 0 saturated heterocycles. The number of benzene rings is 1. The Balaban J connectivity index is 2.47. The summed E-state index contributed by atoms with van der Waals surface area (Å²) in [6.45, 7) is 2.58. The number of hydrogen-bond donors (Lipinski definition) is 2. The second-order valence-electron chi connectivity index (χ2n) is 4.15. The van der Waals surface area contributed by atoms with E-state index in [1.165, 1.54) is 0 Å². The van der Waals surface area contributed by atoms with Crippen molar-refractivity contribution in [2.45, 2.75) is 6.54 Å². The molecule has 18 heavy (non-hydrogen) atoms. The third kappa shape index (κ3) is 4.91. The number of likely N-dealkylation sites (N-methyl/N-ethyl adjacent to an activating group) is 1. The Labute approximate surface area is 108 Å². The molecule has 0 aliphatic carbocycles. The van der Waals surface area contributed by atoms with Crippen LogP contribution in [0.4, 0.5) is 5.69 Å². The van der Waals surface area contributed by atoms with Crippen LogP contribution in [0.15, 0.2) is 18.2 Å². The fourth-order valence-electron chi connectivity index (χ4n) is 1.68. The van der Waals surface area contributed by atoms with Crippen molar-refractivity contribution in [3.63, 3.8) is 0 Å². The van der Waals surface area contributed by atoms with Gasteiger partial charge in [-0.05, 0) is 25.2 Å². The summed E-state index contributed by atoms with van der Waals surface area (Å²) in [6.07, 6.45) is 0. The van der Waals surface area contributed by atoms with Gasteiger partial charge in [0.05, 0.1) is 26.9 Å². The monoisotopic (exact) mass is 254 g/mol. The van der Waals surface area contributed by atoms with Crippen molar-refractivity contribution < 1.29 is 14.6 Å². The SMILES string of the molecule is COc1ccc(N)cc1CN(C)CCOCCO. The van der Waals surface area contributed by atoms with Crippen LogP contribution in [0.1, 0.15) is 5.56 Å². The molecule has 3 N–H and O–H groups in total. The average Bonchev–Trinajstić information content (AvgIpc) is 2.35. The maximum Gasteiger partial charge on any atom is 0.123 e. The molecule has 0 fully saturated rings. The lowest BCUT2D eigenvalue weighted by atomic mass is 10.1. The fourth-order valence-corrected chi connectivity index (χ4v) is 1.68. The number of nitrogens with zero attached hydrogens (tertiary/aromatic N) is 1. The summed E-state index contributed by atoms with van der Waals surface area (Å²) in [4.78, 5) is 2.12. The molecule has 0 aliphatic heterocycles. The van der Waals surface area contributed by atoms with Gasteiger partial charge in [-0.1, -0.05) is 0 Å². The lowest BCUT2D eigenvalue weighted by Crippen LogP contribution is -2.23. The Morgan fingerprint density at radius 1 is 1.33 bits per heavy atom. The third-order valence-electron chi connectivity index (χ3n) is 2.60. The molecular weight excluding hydrogens is 232 g/mol. The molecule has 0 bridgehead atoms. The van der Waals surface area contributed by atoms with Crippen LogP contribution in [0.2, 0.25) is 0 Å². The molecule has 0 spiro atoms. The molecule has 5 heteroatoms. The summed E-state index contributed by atoms with van der Waals surface area (Å²) in [5.74, 6) is 0.840. The highest BCUT2D eigenvalue weighted by molar-refractivity contribution is 5.47. The van der Waals surface area contributed by atoms with Crippen molar-refractivity contribution in [3.05, 3.63) is 23.8 Å². The molecule has 0 saturated carbocycles. The first-order chi connectivity index (χ1) is 8.67. The molecule has 1 aromatic rings. The third-order valence-corrected chi connectivity index (χ3v) is 2.60. The highest BCUT2D eigenvalue weighted by atomic mass is 16.5. The smallest absolute Gasteiger partial charge is 0.123 e. The predicted octanol–water partition coefficient (Wildman–Crippen LogP) is 0.718. The van der Waals surface area contributed by atoms with Gasteiger partial charge in [0.25, 0.3) is 0 Å². The Hall–Kier alpha value is -1.30. The van der Waals surface area contributed by atoms with Gasteiger partial charge in [-0.25, -0.2) is 0 Å². The second-order valence-corrected chi connectivity index (χ2v) is 4.15. The molecule has 0 radical (unpaired) electrons. The summed E-state index contributed by atoms with van der Waals surface area (Å²) < 4.78 is 10.5. The van der Waals surface area contributed by atoms with Crippen LogP contribution in [0.5, 0.6) is 5.75 Å². The molecule has 1 rings (SSSR count). The Morgan fingerprint density at radius 3 is 2.78 bits per heavy atom. The standard InChI is InChI=1S/C13H22N2O3/c1-15(5-7-18-8-6-16)10-11-9-12(14)3-4-13(11)17-2/h3-4,9,16H,5-8,10,14H2,1-2H3. The van der Waals surface area contributed by atoms with Gasteiger partial charge in [-0.2, -0.15) is 0 Å². The normalized spacial score (nSPS) is 10.9. The van der Waals surface area contributed by atoms with Crippen molar-refractivity contribution in [2.75, 3.05) is 46.3 Å². The minimum atomic E-state index is 0.0623. The molecule has 102 valence electrons. The van der Waals surface area contributed by atoms with Gasteiger partial charge in [0, 0.05) is 24.3 Å². The van der Waals surface area contributed by atoms with Gasteiger partial charge in [-0.3, -0.25) is 4.90 Å².